The molecule has 1 saturated heterocycles. The number of likely N-dealkylation sites (N-methyl/N-ethyl adjacent to an activating group) is 2. The molecule has 0 aliphatic carbocycles. The number of benzene rings is 2. The van der Waals surface area contributed by atoms with Crippen molar-refractivity contribution in [3.05, 3.63) is 65.7 Å². The molecule has 68 heavy (non-hydrogen) atoms. The van der Waals surface area contributed by atoms with Crippen LogP contribution < -0.4 is 14.8 Å². The number of hydrogen-bond donors (Lipinski definition) is 2. The van der Waals surface area contributed by atoms with Crippen LogP contribution in [0.2, 0.25) is 0 Å². The molecule has 1 aliphatic heterocycles. The van der Waals surface area contributed by atoms with Gasteiger partial charge in [0.05, 0.1) is 43.7 Å². The average molecular weight is 978 g/mol. The van der Waals surface area contributed by atoms with Gasteiger partial charge in [-0.2, -0.15) is 8.42 Å². The number of carbonyl (C=O) groups excluding carboxylic acids is 6. The maximum Gasteiger partial charge on any atom is 0.488 e. The average Bonchev–Trinajstić information content (AvgIpc) is 3.78. The van der Waals surface area contributed by atoms with E-state index in [1.807, 2.05) is 44.2 Å². The highest BCUT2D eigenvalue weighted by molar-refractivity contribution is 7.81. The highest BCUT2D eigenvalue weighted by Crippen LogP contribution is 2.30. The monoisotopic (exact) mass is 977 g/mol. The first-order valence-electron chi connectivity index (χ1n) is 23.0. The van der Waals surface area contributed by atoms with Gasteiger partial charge in [-0.3, -0.25) is 24.1 Å². The first-order valence-corrected chi connectivity index (χ1v) is 24.3. The van der Waals surface area contributed by atoms with E-state index >= 15 is 0 Å². The molecule has 2 aromatic rings. The molecule has 380 valence electrons. The molecule has 1 fully saturated rings. The number of nitrogens with one attached hydrogen (secondary N) is 2. The molecule has 2 aromatic carbocycles. The van der Waals surface area contributed by atoms with Gasteiger partial charge in [-0.05, 0) is 53.9 Å². The zero-order chi connectivity index (χ0) is 51.0. The van der Waals surface area contributed by atoms with Gasteiger partial charge in [0, 0.05) is 41.3 Å². The SMILES string of the molecule is CCC(C)[C@@H]([C@@H](CC(=O)N1CCC[C@H]1[C@H](OC)[C@@H](C)C(=O)NC(Cc1ccccc1)C(=O)OC)OC)N(C)C(=O)[C@@H](NC(=O)[C@H](C(C)C)N(C)C(=O)OCc1ccc(OS(=O)(=O)F)cc1)C(C)C. The Morgan fingerprint density at radius 3 is 1.99 bits per heavy atom. The summed E-state index contributed by atoms with van der Waals surface area (Å²) in [5, 5.41) is 5.72. The summed E-state index contributed by atoms with van der Waals surface area (Å²) in [5.41, 5.74) is 1.27. The molecule has 2 unspecified atom stereocenters. The Morgan fingerprint density at radius 2 is 1.46 bits per heavy atom. The minimum Gasteiger partial charge on any atom is -0.467 e. The first kappa shape index (κ1) is 57.0. The van der Waals surface area contributed by atoms with Crippen LogP contribution in [0.15, 0.2) is 54.6 Å². The maximum atomic E-state index is 14.6. The third kappa shape index (κ3) is 15.9. The number of carbonyl (C=O) groups is 6. The molecule has 1 aliphatic rings. The number of nitrogens with zero attached hydrogens (tertiary/aromatic N) is 3. The van der Waals surface area contributed by atoms with Gasteiger partial charge in [0.15, 0.2) is 0 Å². The van der Waals surface area contributed by atoms with E-state index in [9.17, 15) is 41.1 Å². The second-order valence-corrected chi connectivity index (χ2v) is 19.0. The molecular weight excluding hydrogens is 906 g/mol. The highest BCUT2D eigenvalue weighted by atomic mass is 32.3. The Morgan fingerprint density at radius 1 is 0.824 bits per heavy atom. The van der Waals surface area contributed by atoms with Crippen LogP contribution >= 0.6 is 0 Å². The summed E-state index contributed by atoms with van der Waals surface area (Å²) < 4.78 is 61.0. The highest BCUT2D eigenvalue weighted by Gasteiger charge is 2.44. The standard InChI is InChI=1S/C48H72FN5O13S/c1-13-31(6)42(38(63-10)27-39(55)54-25-17-20-37(54)43(64-11)32(7)44(56)50-36(47(59)65-12)26-33-18-15-14-16-19-33)52(8)46(58)40(29(2)3)51-45(57)41(30(4)5)53(9)48(60)66-28-34-21-23-35(24-22-34)67-68(49,61)62/h14-16,18-19,21-24,29-32,36-38,40-43H,13,17,20,25-28H2,1-12H3,(H,50,56)(H,51,57)/t31?,32-,36?,37+,38-,40+,41+,42+,43-/m1/s1. The van der Waals surface area contributed by atoms with Crippen LogP contribution in [0.4, 0.5) is 8.68 Å². The normalized spacial score (nSPS) is 17.5. The van der Waals surface area contributed by atoms with E-state index in [-0.39, 0.29) is 37.0 Å². The number of esters is 1. The van der Waals surface area contributed by atoms with Gasteiger partial charge in [-0.15, -0.1) is 0 Å². The van der Waals surface area contributed by atoms with Crippen molar-refractivity contribution in [3.63, 3.8) is 0 Å². The fraction of sp³-hybridized carbons (Fsp3) is 0.625. The summed E-state index contributed by atoms with van der Waals surface area (Å²) in [4.78, 5) is 87.1. The number of methoxy groups -OCH3 is 3. The molecule has 20 heteroatoms. The van der Waals surface area contributed by atoms with Crippen molar-refractivity contribution in [1.29, 1.82) is 0 Å². The predicted octanol–water partition coefficient (Wildman–Crippen LogP) is 4.83. The lowest BCUT2D eigenvalue weighted by Crippen LogP contribution is -2.60. The van der Waals surface area contributed by atoms with Gasteiger partial charge in [-0.1, -0.05) is 101 Å². The minimum absolute atomic E-state index is 0.101. The molecule has 0 bridgehead atoms. The minimum atomic E-state index is -5.21. The van der Waals surface area contributed by atoms with Crippen molar-refractivity contribution in [2.75, 3.05) is 42.0 Å². The van der Waals surface area contributed by atoms with Crippen LogP contribution in [-0.4, -0.2) is 143 Å². The van der Waals surface area contributed by atoms with Crippen LogP contribution in [0, 0.1) is 23.7 Å². The Labute approximate surface area is 401 Å². The number of ether oxygens (including phenoxy) is 4. The predicted molar refractivity (Wildman–Crippen MR) is 251 cm³/mol. The van der Waals surface area contributed by atoms with Crippen LogP contribution in [0.3, 0.4) is 0 Å². The molecule has 3 rings (SSSR count). The second-order valence-electron chi connectivity index (χ2n) is 18.1. The van der Waals surface area contributed by atoms with E-state index < -0.39 is 100 Å². The lowest BCUT2D eigenvalue weighted by molar-refractivity contribution is -0.149. The molecule has 0 spiro atoms. The van der Waals surface area contributed by atoms with Gasteiger partial charge in [0.1, 0.15) is 30.5 Å². The molecule has 0 aromatic heterocycles. The fourth-order valence-electron chi connectivity index (χ4n) is 8.81. The fourth-order valence-corrected chi connectivity index (χ4v) is 9.15. The summed E-state index contributed by atoms with van der Waals surface area (Å²) in [6, 6.07) is 10.3. The summed E-state index contributed by atoms with van der Waals surface area (Å²) in [5.74, 6) is -4.33. The Hall–Kier alpha value is -5.34. The smallest absolute Gasteiger partial charge is 0.467 e. The zero-order valence-corrected chi connectivity index (χ0v) is 42.2. The molecule has 0 radical (unpaired) electrons. The van der Waals surface area contributed by atoms with Crippen LogP contribution in [0.25, 0.3) is 0 Å². The van der Waals surface area contributed by atoms with Gasteiger partial charge in [0.2, 0.25) is 23.6 Å². The molecule has 9 atom stereocenters. The number of halogens is 1. The lowest BCUT2D eigenvalue weighted by Gasteiger charge is -2.41. The van der Waals surface area contributed by atoms with E-state index in [0.717, 1.165) is 10.5 Å². The van der Waals surface area contributed by atoms with Crippen LogP contribution in [0.5, 0.6) is 5.75 Å². The van der Waals surface area contributed by atoms with Crippen LogP contribution in [-0.2, 0) is 66.5 Å². The van der Waals surface area contributed by atoms with Crippen molar-refractivity contribution in [1.82, 2.24) is 25.3 Å². The van der Waals surface area contributed by atoms with Crippen molar-refractivity contribution >= 4 is 46.2 Å². The van der Waals surface area contributed by atoms with Crippen molar-refractivity contribution in [2.45, 2.75) is 130 Å². The van der Waals surface area contributed by atoms with E-state index in [2.05, 4.69) is 14.8 Å². The van der Waals surface area contributed by atoms with Crippen LogP contribution in [0.1, 0.15) is 85.3 Å². The maximum absolute atomic E-state index is 14.6. The molecule has 18 nitrogen and oxygen atoms in total. The number of rotatable bonds is 25. The Bertz CT molecular complexity index is 2100. The quantitative estimate of drug-likeness (QED) is 0.101. The molecule has 0 saturated carbocycles. The largest absolute Gasteiger partial charge is 0.488 e. The van der Waals surface area contributed by atoms with Crippen molar-refractivity contribution in [3.8, 4) is 5.75 Å². The van der Waals surface area contributed by atoms with Gasteiger partial charge < -0.3 is 43.6 Å². The molecule has 2 N–H and O–H groups in total. The summed E-state index contributed by atoms with van der Waals surface area (Å²) in [6.45, 7) is 12.8. The third-order valence-corrected chi connectivity index (χ3v) is 13.1. The molecular formula is C48H72FN5O13S. The zero-order valence-electron chi connectivity index (χ0n) is 41.4. The van der Waals surface area contributed by atoms with E-state index in [4.69, 9.17) is 18.9 Å². The molecule has 1 heterocycles. The van der Waals surface area contributed by atoms with E-state index in [1.54, 1.807) is 46.6 Å². The topological polar surface area (TPSA) is 216 Å². The second kappa shape index (κ2) is 26.4. The first-order chi connectivity index (χ1) is 32.0. The number of hydrogen-bond acceptors (Lipinski definition) is 13. The van der Waals surface area contributed by atoms with Crippen molar-refractivity contribution < 1.29 is 64.2 Å². The molecule has 5 amide bonds. The summed E-state index contributed by atoms with van der Waals surface area (Å²) >= 11 is 0. The van der Waals surface area contributed by atoms with E-state index in [1.165, 1.54) is 57.5 Å². The van der Waals surface area contributed by atoms with E-state index in [0.29, 0.717) is 31.4 Å². The Balaban J connectivity index is 1.76. The Kier molecular flexibility index (Phi) is 22.1. The van der Waals surface area contributed by atoms with Gasteiger partial charge in [0.25, 0.3) is 0 Å². The number of amides is 5. The lowest BCUT2D eigenvalue weighted by atomic mass is 9.89. The van der Waals surface area contributed by atoms with Gasteiger partial charge >= 0.3 is 22.6 Å². The summed E-state index contributed by atoms with van der Waals surface area (Å²) in [6.07, 6.45) is -0.364. The van der Waals surface area contributed by atoms with Crippen molar-refractivity contribution in [2.24, 2.45) is 23.7 Å². The third-order valence-electron chi connectivity index (χ3n) is 12.7. The number of likely N-dealkylation sites (tertiary alicyclic amines) is 1. The summed E-state index contributed by atoms with van der Waals surface area (Å²) in [7, 11) is 2.04. The van der Waals surface area contributed by atoms with Gasteiger partial charge in [-0.25, -0.2) is 9.59 Å².